The largest absolute Gasteiger partial charge is 0.548 e. The summed E-state index contributed by atoms with van der Waals surface area (Å²) in [6.07, 6.45) is 0. The number of hydrogen-bond acceptors (Lipinski definition) is 6. The molecule has 0 aliphatic heterocycles. The van der Waals surface area contributed by atoms with E-state index in [9.17, 15) is 20.0 Å². The monoisotopic (exact) mass is 310 g/mol. The van der Waals surface area contributed by atoms with Gasteiger partial charge in [0.1, 0.15) is 0 Å². The van der Waals surface area contributed by atoms with Gasteiger partial charge in [-0.3, -0.25) is 10.1 Å². The lowest BCUT2D eigenvalue weighted by atomic mass is 10.0. The molecular weight excluding hydrogens is 298 g/mol. The standard InChI is InChI=1S/C16H13N3O4/c1-10-2-5-12(8-14(10)19(22)23)15(16(20)21)18-13-6-3-11(9-17)4-7-13/h2-8,15,18H,1H3,(H,20,21)/p-1. The predicted octanol–water partition coefficient (Wildman–Crippen LogP) is 1.68. The summed E-state index contributed by atoms with van der Waals surface area (Å²) >= 11 is 0. The van der Waals surface area contributed by atoms with E-state index < -0.39 is 16.9 Å². The number of anilines is 1. The minimum absolute atomic E-state index is 0.157. The van der Waals surface area contributed by atoms with Gasteiger partial charge in [0, 0.05) is 17.3 Å². The molecule has 1 unspecified atom stereocenters. The van der Waals surface area contributed by atoms with Gasteiger partial charge in [-0.25, -0.2) is 0 Å². The molecule has 0 heterocycles. The van der Waals surface area contributed by atoms with Crippen LogP contribution in [0.15, 0.2) is 42.5 Å². The van der Waals surface area contributed by atoms with Crippen LogP contribution in [0.4, 0.5) is 11.4 Å². The van der Waals surface area contributed by atoms with Gasteiger partial charge in [0.15, 0.2) is 0 Å². The molecule has 0 aliphatic rings. The zero-order valence-corrected chi connectivity index (χ0v) is 12.1. The van der Waals surface area contributed by atoms with Crippen molar-refractivity contribution >= 4 is 17.3 Å². The Bertz CT molecular complexity index is 794. The lowest BCUT2D eigenvalue weighted by Crippen LogP contribution is -2.34. The Morgan fingerprint density at radius 2 is 1.91 bits per heavy atom. The van der Waals surface area contributed by atoms with Crippen molar-refractivity contribution in [1.29, 1.82) is 5.26 Å². The summed E-state index contributed by atoms with van der Waals surface area (Å²) in [6, 6.07) is 11.1. The fraction of sp³-hybridized carbons (Fsp3) is 0.125. The second kappa shape index (κ2) is 6.58. The number of nitrogens with zero attached hydrogens (tertiary/aromatic N) is 2. The van der Waals surface area contributed by atoms with Crippen molar-refractivity contribution in [2.75, 3.05) is 5.32 Å². The number of nitro groups is 1. The normalized spacial score (nSPS) is 11.3. The summed E-state index contributed by atoms with van der Waals surface area (Å²) in [5.74, 6) is -1.41. The summed E-state index contributed by atoms with van der Waals surface area (Å²) in [5.41, 5.74) is 1.39. The van der Waals surface area contributed by atoms with Gasteiger partial charge in [-0.15, -0.1) is 0 Å². The third-order valence-electron chi connectivity index (χ3n) is 3.32. The first kappa shape index (κ1) is 16.0. The molecule has 0 saturated carbocycles. The molecule has 0 fully saturated rings. The van der Waals surface area contributed by atoms with Crippen molar-refractivity contribution in [2.45, 2.75) is 13.0 Å². The highest BCUT2D eigenvalue weighted by molar-refractivity contribution is 5.78. The smallest absolute Gasteiger partial charge is 0.272 e. The number of nitriles is 1. The Morgan fingerprint density at radius 3 is 2.43 bits per heavy atom. The summed E-state index contributed by atoms with van der Waals surface area (Å²) in [6.45, 7) is 1.57. The summed E-state index contributed by atoms with van der Waals surface area (Å²) in [4.78, 5) is 21.8. The van der Waals surface area contributed by atoms with Crippen molar-refractivity contribution < 1.29 is 14.8 Å². The highest BCUT2D eigenvalue weighted by atomic mass is 16.6. The van der Waals surface area contributed by atoms with Gasteiger partial charge in [-0.1, -0.05) is 12.1 Å². The quantitative estimate of drug-likeness (QED) is 0.662. The fourth-order valence-corrected chi connectivity index (χ4v) is 2.09. The number of nitrogens with one attached hydrogen (secondary N) is 1. The lowest BCUT2D eigenvalue weighted by molar-refractivity contribution is -0.385. The van der Waals surface area contributed by atoms with Crippen molar-refractivity contribution in [3.8, 4) is 6.07 Å². The van der Waals surface area contributed by atoms with Crippen LogP contribution in [0.5, 0.6) is 0 Å². The minimum Gasteiger partial charge on any atom is -0.548 e. The number of aryl methyl sites for hydroxylation is 1. The zero-order valence-electron chi connectivity index (χ0n) is 12.1. The average molecular weight is 310 g/mol. The van der Waals surface area contributed by atoms with Gasteiger partial charge in [0.25, 0.3) is 5.69 Å². The number of benzene rings is 2. The van der Waals surface area contributed by atoms with Crippen molar-refractivity contribution in [1.82, 2.24) is 0 Å². The van der Waals surface area contributed by atoms with Crippen molar-refractivity contribution in [3.63, 3.8) is 0 Å². The van der Waals surface area contributed by atoms with Gasteiger partial charge in [0.2, 0.25) is 0 Å². The first-order chi connectivity index (χ1) is 10.9. The number of aliphatic carboxylic acids is 1. The van der Waals surface area contributed by atoms with Gasteiger partial charge >= 0.3 is 0 Å². The summed E-state index contributed by atoms with van der Waals surface area (Å²) in [5, 5.41) is 33.9. The minimum atomic E-state index is -1.41. The van der Waals surface area contributed by atoms with Gasteiger partial charge in [-0.05, 0) is 36.8 Å². The second-order valence-electron chi connectivity index (χ2n) is 4.89. The maximum absolute atomic E-state index is 11.4. The molecule has 0 aliphatic carbocycles. The van der Waals surface area contributed by atoms with Gasteiger partial charge in [-0.2, -0.15) is 5.26 Å². The Hall–Kier alpha value is -3.40. The van der Waals surface area contributed by atoms with E-state index in [0.717, 1.165) is 0 Å². The number of carboxylic acid groups (broad SMARTS) is 1. The first-order valence-corrected chi connectivity index (χ1v) is 6.65. The molecule has 2 aromatic carbocycles. The van der Waals surface area contributed by atoms with E-state index in [1.54, 1.807) is 19.1 Å². The van der Waals surface area contributed by atoms with E-state index in [4.69, 9.17) is 5.26 Å². The number of carboxylic acids is 1. The molecule has 2 aromatic rings. The molecule has 7 nitrogen and oxygen atoms in total. The van der Waals surface area contributed by atoms with E-state index in [2.05, 4.69) is 5.32 Å². The average Bonchev–Trinajstić information content (AvgIpc) is 2.53. The van der Waals surface area contributed by atoms with E-state index in [0.29, 0.717) is 16.8 Å². The number of carbonyl (C=O) groups excluding carboxylic acids is 1. The van der Waals surface area contributed by atoms with Crippen molar-refractivity contribution in [3.05, 3.63) is 69.3 Å². The summed E-state index contributed by atoms with van der Waals surface area (Å²) < 4.78 is 0. The Morgan fingerprint density at radius 1 is 1.26 bits per heavy atom. The van der Waals surface area contributed by atoms with E-state index >= 15 is 0 Å². The Kier molecular flexibility index (Phi) is 4.57. The van der Waals surface area contributed by atoms with Gasteiger partial charge in [0.05, 0.1) is 28.6 Å². The molecule has 7 heteroatoms. The van der Waals surface area contributed by atoms with Crippen LogP contribution >= 0.6 is 0 Å². The fourth-order valence-electron chi connectivity index (χ4n) is 2.09. The number of hydrogen-bond donors (Lipinski definition) is 1. The molecule has 0 amide bonds. The molecule has 1 atom stereocenters. The molecule has 1 N–H and O–H groups in total. The lowest BCUT2D eigenvalue weighted by Gasteiger charge is -2.21. The molecule has 0 radical (unpaired) electrons. The summed E-state index contributed by atoms with van der Waals surface area (Å²) in [7, 11) is 0. The maximum atomic E-state index is 11.4. The highest BCUT2D eigenvalue weighted by Gasteiger charge is 2.18. The van der Waals surface area contributed by atoms with Crippen LogP contribution in [0.2, 0.25) is 0 Å². The van der Waals surface area contributed by atoms with Crippen LogP contribution in [-0.4, -0.2) is 10.9 Å². The predicted molar refractivity (Wildman–Crippen MR) is 80.4 cm³/mol. The zero-order chi connectivity index (χ0) is 17.0. The molecule has 0 spiro atoms. The van der Waals surface area contributed by atoms with E-state index in [1.165, 1.54) is 30.3 Å². The van der Waals surface area contributed by atoms with Gasteiger partial charge < -0.3 is 15.2 Å². The van der Waals surface area contributed by atoms with Crippen molar-refractivity contribution in [2.24, 2.45) is 0 Å². The third kappa shape index (κ3) is 3.63. The molecule has 0 aromatic heterocycles. The first-order valence-electron chi connectivity index (χ1n) is 6.65. The third-order valence-corrected chi connectivity index (χ3v) is 3.32. The van der Waals surface area contributed by atoms with E-state index in [-0.39, 0.29) is 11.3 Å². The SMILES string of the molecule is Cc1ccc(C(Nc2ccc(C#N)cc2)C(=O)[O-])cc1[N+](=O)[O-]. The molecule has 2 rings (SSSR count). The van der Waals surface area contributed by atoms with Crippen LogP contribution in [0.3, 0.4) is 0 Å². The number of nitro benzene ring substituents is 1. The molecule has 23 heavy (non-hydrogen) atoms. The topological polar surface area (TPSA) is 119 Å². The second-order valence-corrected chi connectivity index (χ2v) is 4.89. The van der Waals surface area contributed by atoms with Crippen LogP contribution in [-0.2, 0) is 4.79 Å². The number of carbonyl (C=O) groups is 1. The van der Waals surface area contributed by atoms with Crippen LogP contribution in [0.1, 0.15) is 22.7 Å². The maximum Gasteiger partial charge on any atom is 0.272 e. The Labute approximate surface area is 131 Å². The molecule has 0 bridgehead atoms. The molecule has 0 saturated heterocycles. The highest BCUT2D eigenvalue weighted by Crippen LogP contribution is 2.25. The van der Waals surface area contributed by atoms with Crippen LogP contribution in [0.25, 0.3) is 0 Å². The molecular formula is C16H12N3O4-. The number of rotatable bonds is 5. The van der Waals surface area contributed by atoms with Crippen LogP contribution in [0, 0.1) is 28.4 Å². The van der Waals surface area contributed by atoms with E-state index in [1.807, 2.05) is 6.07 Å². The molecule has 116 valence electrons. The Balaban J connectivity index is 2.35. The van der Waals surface area contributed by atoms with Crippen LogP contribution < -0.4 is 10.4 Å².